The number of rotatable bonds is 2. The molecule has 2 atom stereocenters. The number of amides is 5. The number of nitrogens with one attached hydrogen (secondary N) is 1. The van der Waals surface area contributed by atoms with Crippen molar-refractivity contribution in [2.24, 2.45) is 0 Å². The van der Waals surface area contributed by atoms with Gasteiger partial charge in [-0.1, -0.05) is 31.9 Å². The van der Waals surface area contributed by atoms with Crippen molar-refractivity contribution in [3.63, 3.8) is 0 Å². The molecule has 3 fully saturated rings. The van der Waals surface area contributed by atoms with Crippen molar-refractivity contribution < 1.29 is 43.0 Å². The van der Waals surface area contributed by atoms with Gasteiger partial charge in [0, 0.05) is 47.7 Å². The Morgan fingerprint density at radius 2 is 1.30 bits per heavy atom. The van der Waals surface area contributed by atoms with Gasteiger partial charge in [0.1, 0.15) is 17.0 Å². The number of aryl methyl sites for hydroxylation is 1. The van der Waals surface area contributed by atoms with E-state index in [0.29, 0.717) is 112 Å². The van der Waals surface area contributed by atoms with Crippen LogP contribution in [0, 0.1) is 0 Å². The van der Waals surface area contributed by atoms with Gasteiger partial charge in [-0.3, -0.25) is 28.5 Å². The zero-order valence-electron chi connectivity index (χ0n) is 34.7. The van der Waals surface area contributed by atoms with Crippen LogP contribution in [0.15, 0.2) is 50.1 Å². The van der Waals surface area contributed by atoms with Gasteiger partial charge in [0.05, 0.1) is 27.7 Å². The number of hydrogen-bond acceptors (Lipinski definition) is 12. The maximum absolute atomic E-state index is 13.0. The molecule has 5 amide bonds. The number of imide groups is 2. The summed E-state index contributed by atoms with van der Waals surface area (Å²) in [6.45, 7) is 11.9. The van der Waals surface area contributed by atoms with Crippen molar-refractivity contribution >= 4 is 84.8 Å². The van der Waals surface area contributed by atoms with Gasteiger partial charge in [-0.15, -0.1) is 0 Å². The molecule has 7 rings (SSSR count). The van der Waals surface area contributed by atoms with E-state index in [0.717, 1.165) is 8.95 Å². The summed E-state index contributed by atoms with van der Waals surface area (Å²) in [6, 6.07) is 10.5. The average molecular weight is 961 g/mol. The summed E-state index contributed by atoms with van der Waals surface area (Å²) in [7, 11) is 0. The highest BCUT2D eigenvalue weighted by Gasteiger charge is 2.52. The normalized spacial score (nSPS) is 21.5. The predicted octanol–water partition coefficient (Wildman–Crippen LogP) is 6.94. The number of carbonyl (C=O) groups excluding carboxylic acids is 6. The van der Waals surface area contributed by atoms with Gasteiger partial charge in [-0.2, -0.15) is 0 Å². The van der Waals surface area contributed by atoms with Crippen LogP contribution in [0.2, 0.25) is 0 Å². The van der Waals surface area contributed by atoms with Crippen molar-refractivity contribution in [1.29, 1.82) is 0 Å². The van der Waals surface area contributed by atoms with E-state index in [-0.39, 0.29) is 23.3 Å². The molecule has 324 valence electrons. The molecule has 60 heavy (non-hydrogen) atoms. The van der Waals surface area contributed by atoms with E-state index < -0.39 is 34.5 Å². The molecule has 0 bridgehead atoms. The highest BCUT2D eigenvalue weighted by molar-refractivity contribution is 9.10. The number of carbonyl (C=O) groups is 6. The molecule has 1 aromatic heterocycles. The number of fused-ring (bicyclic) bond motifs is 2. The third-order valence-electron chi connectivity index (χ3n) is 10.7. The van der Waals surface area contributed by atoms with Crippen LogP contribution in [-0.2, 0) is 41.6 Å². The minimum absolute atomic E-state index is 0.0228. The summed E-state index contributed by atoms with van der Waals surface area (Å²) in [5.74, 6) is 0.641. The molecule has 2 spiro atoms. The molecule has 18 heteroatoms. The summed E-state index contributed by atoms with van der Waals surface area (Å²) in [6.07, 6.45) is 3.73. The fraction of sp³-hybridized carbons (Fsp3) is 0.524. The summed E-state index contributed by atoms with van der Waals surface area (Å²) >= 11 is 6.65. The van der Waals surface area contributed by atoms with Gasteiger partial charge >= 0.3 is 12.2 Å². The fourth-order valence-electron chi connectivity index (χ4n) is 7.93. The molecule has 3 N–H and O–H groups in total. The standard InChI is InChI=1S/C21H24BrN3O4.C14H22N2O4.C7H6BrNO2/c1-20(2,3)29-19(28)25-17(26)7-9-21(25)8-6-16-23-15-12-13(22)4-5-14(15)18(27)24(16)11-10-21;1-13(2,3)20-12(19)16-11(18)5-7-14(16)6-4-10(17)15-9-8-14;8-5-1-2-7(11-4-10)6(9)3-5/h4-5,12H,6-11H2,1-3H3;4-9H2,1-3H3,(H,15,17);1-4H,9H2. The molecule has 0 saturated carbocycles. The second kappa shape index (κ2) is 18.4. The lowest BCUT2D eigenvalue weighted by molar-refractivity contribution is -0.131. The van der Waals surface area contributed by atoms with Crippen LogP contribution < -0.4 is 21.3 Å². The number of hydrogen-bond donors (Lipinski definition) is 2. The van der Waals surface area contributed by atoms with Gasteiger partial charge in [0.25, 0.3) is 12.0 Å². The van der Waals surface area contributed by atoms with Gasteiger partial charge < -0.3 is 25.3 Å². The number of nitrogen functional groups attached to an aromatic ring is 1. The Morgan fingerprint density at radius 3 is 1.87 bits per heavy atom. The van der Waals surface area contributed by atoms with E-state index in [1.807, 2.05) is 12.1 Å². The monoisotopic (exact) mass is 958 g/mol. The third kappa shape index (κ3) is 10.9. The number of benzene rings is 2. The number of nitrogens with two attached hydrogens (primary N) is 1. The SMILES string of the molecule is CC(C)(C)OC(=O)N1C(=O)CCC12CCNC(=O)CC2.CC(C)(C)OC(=O)N1C(=O)CCC12CCc1nc3cc(Br)ccc3c(=O)n1CC2.Nc1cc(Br)ccc1OC=O. The molecule has 16 nitrogen and oxygen atoms in total. The van der Waals surface area contributed by atoms with Crippen molar-refractivity contribution in [2.45, 2.75) is 135 Å². The number of likely N-dealkylation sites (tertiary alicyclic amines) is 2. The topological polar surface area (TPSA) is 210 Å². The maximum Gasteiger partial charge on any atom is 0.417 e. The van der Waals surface area contributed by atoms with Gasteiger partial charge in [-0.05, 0) is 116 Å². The zero-order chi connectivity index (χ0) is 44.2. The van der Waals surface area contributed by atoms with E-state index in [9.17, 15) is 33.6 Å². The van der Waals surface area contributed by atoms with Crippen LogP contribution in [0.25, 0.3) is 10.9 Å². The van der Waals surface area contributed by atoms with Gasteiger partial charge in [0.15, 0.2) is 5.75 Å². The first-order valence-electron chi connectivity index (χ1n) is 19.8. The molecule has 3 saturated heterocycles. The molecule has 0 aliphatic carbocycles. The Balaban J connectivity index is 0.000000190. The number of halogens is 2. The van der Waals surface area contributed by atoms with Crippen molar-refractivity contribution in [3.8, 4) is 5.75 Å². The molecule has 3 aromatic rings. The number of nitrogens with zero attached hydrogens (tertiary/aromatic N) is 4. The number of ether oxygens (including phenoxy) is 3. The van der Waals surface area contributed by atoms with E-state index in [2.05, 4.69) is 41.9 Å². The van der Waals surface area contributed by atoms with Crippen LogP contribution in [0.3, 0.4) is 0 Å². The highest BCUT2D eigenvalue weighted by atomic mass is 79.9. The summed E-state index contributed by atoms with van der Waals surface area (Å²) < 4.78 is 18.8. The molecular weight excluding hydrogens is 908 g/mol. The van der Waals surface area contributed by atoms with Crippen molar-refractivity contribution in [3.05, 3.63) is 61.5 Å². The summed E-state index contributed by atoms with van der Waals surface area (Å²) in [5, 5.41) is 3.36. The van der Waals surface area contributed by atoms with Crippen LogP contribution in [0.1, 0.15) is 105 Å². The second-order valence-corrected chi connectivity index (χ2v) is 19.1. The molecule has 0 radical (unpaired) electrons. The van der Waals surface area contributed by atoms with E-state index in [1.165, 1.54) is 9.80 Å². The van der Waals surface area contributed by atoms with Gasteiger partial charge in [-0.25, -0.2) is 24.4 Å². The molecule has 2 unspecified atom stereocenters. The zero-order valence-corrected chi connectivity index (χ0v) is 37.9. The third-order valence-corrected chi connectivity index (χ3v) is 11.7. The van der Waals surface area contributed by atoms with E-state index in [4.69, 9.17) is 20.2 Å². The predicted molar refractivity (Wildman–Crippen MR) is 229 cm³/mol. The summed E-state index contributed by atoms with van der Waals surface area (Å²) in [5.41, 5.74) is 3.99. The first kappa shape index (κ1) is 46.2. The minimum Gasteiger partial charge on any atom is -0.443 e. The Morgan fingerprint density at radius 1 is 0.767 bits per heavy atom. The molecule has 4 aliphatic heterocycles. The maximum atomic E-state index is 13.0. The smallest absolute Gasteiger partial charge is 0.417 e. The lowest BCUT2D eigenvalue weighted by Gasteiger charge is -2.37. The highest BCUT2D eigenvalue weighted by Crippen LogP contribution is 2.41. The second-order valence-electron chi connectivity index (χ2n) is 17.3. The van der Waals surface area contributed by atoms with Crippen molar-refractivity contribution in [1.82, 2.24) is 24.7 Å². The lowest BCUT2D eigenvalue weighted by Crippen LogP contribution is -2.51. The molecular formula is C42H52Br2N6O10. The van der Waals surface area contributed by atoms with Crippen molar-refractivity contribution in [2.75, 3.05) is 12.3 Å². The van der Waals surface area contributed by atoms with Crippen LogP contribution >= 0.6 is 31.9 Å². The van der Waals surface area contributed by atoms with Crippen LogP contribution in [0.5, 0.6) is 5.75 Å². The molecule has 4 aliphatic rings. The van der Waals surface area contributed by atoms with Gasteiger partial charge in [0.2, 0.25) is 17.7 Å². The average Bonchev–Trinajstić information content (AvgIpc) is 3.48. The van der Waals surface area contributed by atoms with E-state index >= 15 is 0 Å². The Labute approximate surface area is 365 Å². The first-order chi connectivity index (χ1) is 28.1. The molecule has 5 heterocycles. The van der Waals surface area contributed by atoms with E-state index in [1.54, 1.807) is 70.4 Å². The quantitative estimate of drug-likeness (QED) is 0.198. The molecule has 2 aromatic carbocycles. The Kier molecular flexibility index (Phi) is 14.2. The number of anilines is 1. The minimum atomic E-state index is -0.682. The van der Waals surface area contributed by atoms with Crippen LogP contribution in [0.4, 0.5) is 15.3 Å². The largest absolute Gasteiger partial charge is 0.443 e. The Bertz CT molecular complexity index is 2230. The fourth-order valence-corrected chi connectivity index (χ4v) is 8.66. The van der Waals surface area contributed by atoms with Crippen LogP contribution in [-0.4, -0.2) is 84.6 Å². The number of aromatic nitrogens is 2. The Hall–Kier alpha value is -4.84. The first-order valence-corrected chi connectivity index (χ1v) is 21.4. The lowest BCUT2D eigenvalue weighted by atomic mass is 9.87. The summed E-state index contributed by atoms with van der Waals surface area (Å²) in [4.78, 5) is 91.5.